The highest BCUT2D eigenvalue weighted by atomic mass is 35.5. The van der Waals surface area contributed by atoms with E-state index >= 15 is 0 Å². The molecule has 4 heteroatoms. The van der Waals surface area contributed by atoms with Gasteiger partial charge in [-0.25, -0.2) is 0 Å². The van der Waals surface area contributed by atoms with E-state index in [1.165, 1.54) is 0 Å². The molecule has 0 radical (unpaired) electrons. The van der Waals surface area contributed by atoms with Gasteiger partial charge in [-0.05, 0) is 5.56 Å². The number of para-hydroxylation sites is 1. The van der Waals surface area contributed by atoms with Crippen LogP contribution in [0.4, 0.5) is 0 Å². The quantitative estimate of drug-likeness (QED) is 0.818. The highest BCUT2D eigenvalue weighted by Crippen LogP contribution is 2.29. The van der Waals surface area contributed by atoms with Crippen molar-refractivity contribution in [3.8, 4) is 0 Å². The van der Waals surface area contributed by atoms with Gasteiger partial charge in [0.1, 0.15) is 0 Å². The highest BCUT2D eigenvalue weighted by molar-refractivity contribution is 6.35. The summed E-state index contributed by atoms with van der Waals surface area (Å²) in [6.07, 6.45) is 1.85. The Labute approximate surface area is 93.1 Å². The van der Waals surface area contributed by atoms with Crippen molar-refractivity contribution >= 4 is 22.5 Å². The van der Waals surface area contributed by atoms with Crippen LogP contribution in [0.5, 0.6) is 0 Å². The monoisotopic (exact) mass is 224 g/mol. The third-order valence-electron chi connectivity index (χ3n) is 2.58. The smallest absolute Gasteiger partial charge is 0.0661 e. The van der Waals surface area contributed by atoms with E-state index in [4.69, 9.17) is 22.4 Å². The number of nitrogens with two attached hydrogens (primary N) is 1. The van der Waals surface area contributed by atoms with Gasteiger partial charge in [-0.1, -0.05) is 29.8 Å². The molecule has 0 saturated carbocycles. The largest absolute Gasteiger partial charge is 0.394 e. The summed E-state index contributed by atoms with van der Waals surface area (Å²) in [6.45, 7) is -0.0675. The van der Waals surface area contributed by atoms with Crippen LogP contribution in [0.25, 0.3) is 10.9 Å². The first-order chi connectivity index (χ1) is 7.15. The van der Waals surface area contributed by atoms with Gasteiger partial charge in [0.15, 0.2) is 0 Å². The molecule has 0 fully saturated rings. The van der Waals surface area contributed by atoms with E-state index < -0.39 is 0 Å². The predicted octanol–water partition coefficient (Wildman–Crippen LogP) is 1.82. The minimum absolute atomic E-state index is 0.0675. The fourth-order valence-electron chi connectivity index (χ4n) is 1.85. The molecule has 2 rings (SSSR count). The van der Waals surface area contributed by atoms with Crippen LogP contribution in [-0.2, 0) is 7.05 Å². The Morgan fingerprint density at radius 2 is 2.27 bits per heavy atom. The van der Waals surface area contributed by atoms with Gasteiger partial charge in [0.2, 0.25) is 0 Å². The lowest BCUT2D eigenvalue weighted by atomic mass is 10.1. The maximum atomic E-state index is 9.08. The van der Waals surface area contributed by atoms with Crippen molar-refractivity contribution in [2.24, 2.45) is 12.8 Å². The second kappa shape index (κ2) is 3.85. The molecular formula is C11H13ClN2O. The number of rotatable bonds is 2. The summed E-state index contributed by atoms with van der Waals surface area (Å²) in [4.78, 5) is 0. The van der Waals surface area contributed by atoms with Crippen LogP contribution < -0.4 is 5.73 Å². The number of hydrogen-bond acceptors (Lipinski definition) is 2. The molecule has 0 aliphatic heterocycles. The van der Waals surface area contributed by atoms with Crippen LogP contribution in [-0.4, -0.2) is 16.3 Å². The van der Waals surface area contributed by atoms with Crippen molar-refractivity contribution in [1.29, 1.82) is 0 Å². The lowest BCUT2D eigenvalue weighted by Gasteiger charge is -2.11. The van der Waals surface area contributed by atoms with Gasteiger partial charge in [0.25, 0.3) is 0 Å². The van der Waals surface area contributed by atoms with Crippen LogP contribution in [0.1, 0.15) is 11.6 Å². The summed E-state index contributed by atoms with van der Waals surface area (Å²) in [7, 11) is 1.92. The van der Waals surface area contributed by atoms with E-state index in [0.29, 0.717) is 5.02 Å². The van der Waals surface area contributed by atoms with Gasteiger partial charge in [0.05, 0.1) is 23.2 Å². The molecule has 0 spiro atoms. The zero-order chi connectivity index (χ0) is 11.0. The SMILES string of the molecule is Cn1cc(Cl)c2cccc(C(N)CO)c21. The summed E-state index contributed by atoms with van der Waals surface area (Å²) >= 11 is 6.07. The highest BCUT2D eigenvalue weighted by Gasteiger charge is 2.13. The Morgan fingerprint density at radius 1 is 1.53 bits per heavy atom. The van der Waals surface area contributed by atoms with Crippen molar-refractivity contribution in [3.05, 3.63) is 35.0 Å². The van der Waals surface area contributed by atoms with E-state index in [1.54, 1.807) is 0 Å². The van der Waals surface area contributed by atoms with Crippen LogP contribution in [0.2, 0.25) is 5.02 Å². The van der Waals surface area contributed by atoms with Gasteiger partial charge in [-0.15, -0.1) is 0 Å². The molecule has 3 N–H and O–H groups in total. The molecule has 0 aliphatic rings. The number of nitrogens with zero attached hydrogens (tertiary/aromatic N) is 1. The van der Waals surface area contributed by atoms with Gasteiger partial charge >= 0.3 is 0 Å². The number of halogens is 1. The number of aliphatic hydroxyl groups is 1. The van der Waals surface area contributed by atoms with Crippen LogP contribution in [0, 0.1) is 0 Å². The molecule has 1 aromatic carbocycles. The molecule has 0 bridgehead atoms. The molecule has 1 aromatic heterocycles. The van der Waals surface area contributed by atoms with Gasteiger partial charge in [-0.2, -0.15) is 0 Å². The van der Waals surface area contributed by atoms with Crippen LogP contribution in [0.15, 0.2) is 24.4 Å². The normalized spacial score (nSPS) is 13.3. The number of fused-ring (bicyclic) bond motifs is 1. The van der Waals surface area contributed by atoms with Crippen molar-refractivity contribution in [3.63, 3.8) is 0 Å². The third-order valence-corrected chi connectivity index (χ3v) is 2.88. The van der Waals surface area contributed by atoms with Crippen LogP contribution in [0.3, 0.4) is 0 Å². The van der Waals surface area contributed by atoms with Crippen molar-refractivity contribution in [2.45, 2.75) is 6.04 Å². The Morgan fingerprint density at radius 3 is 2.93 bits per heavy atom. The summed E-state index contributed by atoms with van der Waals surface area (Å²) in [5.41, 5.74) is 7.74. The van der Waals surface area contributed by atoms with E-state index in [0.717, 1.165) is 16.5 Å². The molecule has 2 aromatic rings. The van der Waals surface area contributed by atoms with Crippen LogP contribution >= 0.6 is 11.6 Å². The maximum absolute atomic E-state index is 9.08. The zero-order valence-electron chi connectivity index (χ0n) is 8.44. The number of aliphatic hydroxyl groups excluding tert-OH is 1. The van der Waals surface area contributed by atoms with Gasteiger partial charge < -0.3 is 15.4 Å². The fourth-order valence-corrected chi connectivity index (χ4v) is 2.15. The molecule has 80 valence electrons. The first kappa shape index (κ1) is 10.5. The maximum Gasteiger partial charge on any atom is 0.0661 e. The average Bonchev–Trinajstić information content (AvgIpc) is 2.54. The fraction of sp³-hybridized carbons (Fsp3) is 0.273. The Hall–Kier alpha value is -1.03. The lowest BCUT2D eigenvalue weighted by molar-refractivity contribution is 0.268. The standard InChI is InChI=1S/C11H13ClN2O/c1-14-5-9(12)7-3-2-4-8(11(7)14)10(13)6-15/h2-5,10,15H,6,13H2,1H3. The number of benzene rings is 1. The summed E-state index contributed by atoms with van der Waals surface area (Å²) < 4.78 is 1.93. The molecule has 3 nitrogen and oxygen atoms in total. The van der Waals surface area contributed by atoms with Gasteiger partial charge in [0, 0.05) is 18.6 Å². The molecule has 1 unspecified atom stereocenters. The minimum Gasteiger partial charge on any atom is -0.394 e. The molecule has 15 heavy (non-hydrogen) atoms. The van der Waals surface area contributed by atoms with Crippen molar-refractivity contribution in [1.82, 2.24) is 4.57 Å². The Kier molecular flexibility index (Phi) is 2.69. The average molecular weight is 225 g/mol. The zero-order valence-corrected chi connectivity index (χ0v) is 9.20. The number of hydrogen-bond donors (Lipinski definition) is 2. The van der Waals surface area contributed by atoms with E-state index in [2.05, 4.69) is 0 Å². The first-order valence-electron chi connectivity index (χ1n) is 4.75. The second-order valence-corrected chi connectivity index (χ2v) is 4.03. The molecule has 1 heterocycles. The topological polar surface area (TPSA) is 51.2 Å². The number of aromatic nitrogens is 1. The molecule has 1 atom stereocenters. The summed E-state index contributed by atoms with van der Waals surface area (Å²) in [6, 6.07) is 5.41. The third kappa shape index (κ3) is 1.63. The molecule has 0 amide bonds. The Balaban J connectivity index is 2.75. The molecule has 0 aliphatic carbocycles. The van der Waals surface area contributed by atoms with E-state index in [1.807, 2.05) is 36.0 Å². The predicted molar refractivity (Wildman–Crippen MR) is 61.9 cm³/mol. The molecular weight excluding hydrogens is 212 g/mol. The Bertz CT molecular complexity index is 493. The molecule has 0 saturated heterocycles. The lowest BCUT2D eigenvalue weighted by Crippen LogP contribution is -2.15. The number of aryl methyl sites for hydroxylation is 1. The van der Waals surface area contributed by atoms with E-state index in [9.17, 15) is 0 Å². The van der Waals surface area contributed by atoms with Crippen molar-refractivity contribution in [2.75, 3.05) is 6.61 Å². The second-order valence-electron chi connectivity index (χ2n) is 3.62. The summed E-state index contributed by atoms with van der Waals surface area (Å²) in [5.74, 6) is 0. The van der Waals surface area contributed by atoms with Crippen molar-refractivity contribution < 1.29 is 5.11 Å². The van der Waals surface area contributed by atoms with E-state index in [-0.39, 0.29) is 12.6 Å². The minimum atomic E-state index is -0.363. The summed E-state index contributed by atoms with van der Waals surface area (Å²) in [5, 5.41) is 10.8. The van der Waals surface area contributed by atoms with Gasteiger partial charge in [-0.3, -0.25) is 0 Å². The first-order valence-corrected chi connectivity index (χ1v) is 5.13.